The normalized spacial score (nSPS) is 11.8. The number of hydrogen-bond acceptors (Lipinski definition) is 5. The Bertz CT molecular complexity index is 1620. The summed E-state index contributed by atoms with van der Waals surface area (Å²) in [5.74, 6) is -0.713. The predicted molar refractivity (Wildman–Crippen MR) is 134 cm³/mol. The van der Waals surface area contributed by atoms with Crippen molar-refractivity contribution < 1.29 is 14.3 Å². The Morgan fingerprint density at radius 2 is 1.76 bits per heavy atom. The van der Waals surface area contributed by atoms with Gasteiger partial charge in [0.2, 0.25) is 0 Å². The van der Waals surface area contributed by atoms with Crippen LogP contribution in [0.5, 0.6) is 0 Å². The van der Waals surface area contributed by atoms with E-state index in [1.54, 1.807) is 25.1 Å². The van der Waals surface area contributed by atoms with Crippen molar-refractivity contribution in [1.82, 2.24) is 9.55 Å². The number of thiazole rings is 1. The van der Waals surface area contributed by atoms with Gasteiger partial charge in [0.05, 0.1) is 39.2 Å². The number of aromatic nitrogens is 2. The van der Waals surface area contributed by atoms with Gasteiger partial charge in [0, 0.05) is 18.0 Å². The number of hydrogen-bond donors (Lipinski definition) is 0. The number of esters is 1. The molecule has 0 fully saturated rings. The summed E-state index contributed by atoms with van der Waals surface area (Å²) >= 11 is 1.35. The summed E-state index contributed by atoms with van der Waals surface area (Å²) < 4.78 is 7.81. The van der Waals surface area contributed by atoms with Crippen LogP contribution in [0.1, 0.15) is 27.6 Å². The van der Waals surface area contributed by atoms with Crippen molar-refractivity contribution in [3.05, 3.63) is 94.8 Å². The quantitative estimate of drug-likeness (QED) is 0.333. The summed E-state index contributed by atoms with van der Waals surface area (Å²) in [7, 11) is 1.86. The van der Waals surface area contributed by atoms with Crippen molar-refractivity contribution in [1.29, 1.82) is 0 Å². The number of benzene rings is 3. The van der Waals surface area contributed by atoms with E-state index < -0.39 is 0 Å². The lowest BCUT2D eigenvalue weighted by molar-refractivity contribution is 0.0526. The molecule has 168 valence electrons. The van der Waals surface area contributed by atoms with Gasteiger partial charge in [0.15, 0.2) is 4.80 Å². The Hall–Kier alpha value is -4.10. The molecule has 0 radical (unpaired) electrons. The number of carbonyl (C=O) groups is 2. The lowest BCUT2D eigenvalue weighted by Gasteiger charge is -2.07. The number of aryl methyl sites for hydroxylation is 1. The summed E-state index contributed by atoms with van der Waals surface area (Å²) in [6.07, 6.45) is 0. The van der Waals surface area contributed by atoms with Crippen molar-refractivity contribution in [3.63, 3.8) is 0 Å². The monoisotopic (exact) mass is 467 g/mol. The van der Waals surface area contributed by atoms with E-state index in [2.05, 4.69) is 4.99 Å². The SMILES string of the molecule is CCOC(=O)c1ccc2c(c1)sc(=NC(=O)c1cc(-c3ccccc3)nc3ccccc13)n2C. The van der Waals surface area contributed by atoms with Gasteiger partial charge in [-0.05, 0) is 37.3 Å². The van der Waals surface area contributed by atoms with Gasteiger partial charge < -0.3 is 9.30 Å². The minimum absolute atomic E-state index is 0.315. The summed E-state index contributed by atoms with van der Waals surface area (Å²) in [5, 5.41) is 0.754. The van der Waals surface area contributed by atoms with Crippen LogP contribution in [0.4, 0.5) is 0 Å². The van der Waals surface area contributed by atoms with Gasteiger partial charge in [-0.15, -0.1) is 0 Å². The molecular formula is C27H21N3O3S. The van der Waals surface area contributed by atoms with E-state index in [0.29, 0.717) is 22.5 Å². The molecular weight excluding hydrogens is 446 g/mol. The largest absolute Gasteiger partial charge is 0.462 e. The highest BCUT2D eigenvalue weighted by atomic mass is 32.1. The third-order valence-electron chi connectivity index (χ3n) is 5.53. The minimum atomic E-state index is -0.369. The second-order valence-corrected chi connectivity index (χ2v) is 8.71. The average molecular weight is 468 g/mol. The average Bonchev–Trinajstić information content (AvgIpc) is 3.18. The summed E-state index contributed by atoms with van der Waals surface area (Å²) in [5.41, 5.74) is 4.24. The maximum Gasteiger partial charge on any atom is 0.338 e. The molecule has 2 heterocycles. The van der Waals surface area contributed by atoms with Crippen LogP contribution in [0.25, 0.3) is 32.4 Å². The standard InChI is InChI=1S/C27H21N3O3S/c1-3-33-26(32)18-13-14-23-24(15-18)34-27(30(23)2)29-25(31)20-16-22(17-9-5-4-6-10-17)28-21-12-8-7-11-19(20)21/h4-16H,3H2,1-2H3. The lowest BCUT2D eigenvalue weighted by atomic mass is 10.0. The summed E-state index contributed by atoms with van der Waals surface area (Å²) in [4.78, 5) is 35.3. The van der Waals surface area contributed by atoms with Crippen LogP contribution >= 0.6 is 11.3 Å². The number of fused-ring (bicyclic) bond motifs is 2. The van der Waals surface area contributed by atoms with Crippen molar-refractivity contribution in [2.45, 2.75) is 6.92 Å². The highest BCUT2D eigenvalue weighted by Crippen LogP contribution is 2.25. The first-order valence-corrected chi connectivity index (χ1v) is 11.7. The second-order valence-electron chi connectivity index (χ2n) is 7.70. The van der Waals surface area contributed by atoms with Crippen molar-refractivity contribution >= 4 is 44.3 Å². The smallest absolute Gasteiger partial charge is 0.338 e. The van der Waals surface area contributed by atoms with E-state index >= 15 is 0 Å². The Morgan fingerprint density at radius 1 is 1.00 bits per heavy atom. The molecule has 3 aromatic carbocycles. The molecule has 0 aliphatic heterocycles. The zero-order valence-corrected chi connectivity index (χ0v) is 19.5. The van der Waals surface area contributed by atoms with Gasteiger partial charge in [0.25, 0.3) is 5.91 Å². The Labute approximate surface area is 199 Å². The van der Waals surface area contributed by atoms with Gasteiger partial charge in [-0.2, -0.15) is 4.99 Å². The van der Waals surface area contributed by atoms with Crippen molar-refractivity contribution in [2.75, 3.05) is 6.61 Å². The molecule has 0 saturated carbocycles. The van der Waals surface area contributed by atoms with Crippen LogP contribution in [0.2, 0.25) is 0 Å². The summed E-state index contributed by atoms with van der Waals surface area (Å²) in [6, 6.07) is 24.5. The molecule has 6 nitrogen and oxygen atoms in total. The van der Waals surface area contributed by atoms with E-state index in [9.17, 15) is 9.59 Å². The van der Waals surface area contributed by atoms with Crippen LogP contribution in [0, 0.1) is 0 Å². The maximum absolute atomic E-state index is 13.4. The number of para-hydroxylation sites is 1. The van der Waals surface area contributed by atoms with Gasteiger partial charge in [0.1, 0.15) is 0 Å². The molecule has 1 amide bonds. The number of rotatable bonds is 4. The van der Waals surface area contributed by atoms with Crippen LogP contribution < -0.4 is 4.80 Å². The summed E-state index contributed by atoms with van der Waals surface area (Å²) in [6.45, 7) is 2.09. The number of amides is 1. The molecule has 34 heavy (non-hydrogen) atoms. The van der Waals surface area contributed by atoms with Crippen LogP contribution in [-0.2, 0) is 11.8 Å². The van der Waals surface area contributed by atoms with Crippen molar-refractivity contribution in [2.24, 2.45) is 12.0 Å². The number of ether oxygens (including phenoxy) is 1. The molecule has 2 aromatic heterocycles. The molecule has 5 aromatic rings. The lowest BCUT2D eigenvalue weighted by Crippen LogP contribution is -2.13. The number of carbonyl (C=O) groups excluding carboxylic acids is 2. The van der Waals surface area contributed by atoms with Gasteiger partial charge in [-0.1, -0.05) is 59.9 Å². The molecule has 5 rings (SSSR count). The number of nitrogens with zero attached hydrogens (tertiary/aromatic N) is 3. The molecule has 7 heteroatoms. The second kappa shape index (κ2) is 9.03. The van der Waals surface area contributed by atoms with E-state index in [-0.39, 0.29) is 11.9 Å². The third kappa shape index (κ3) is 4.02. The van der Waals surface area contributed by atoms with E-state index in [0.717, 1.165) is 32.4 Å². The molecule has 0 atom stereocenters. The van der Waals surface area contributed by atoms with Crippen LogP contribution in [0.3, 0.4) is 0 Å². The zero-order valence-electron chi connectivity index (χ0n) is 18.7. The first-order valence-electron chi connectivity index (χ1n) is 10.9. The third-order valence-corrected chi connectivity index (χ3v) is 6.63. The Balaban J connectivity index is 1.62. The van der Waals surface area contributed by atoms with Crippen LogP contribution in [-0.4, -0.2) is 28.0 Å². The van der Waals surface area contributed by atoms with Gasteiger partial charge >= 0.3 is 5.97 Å². The molecule has 0 N–H and O–H groups in total. The molecule has 0 aliphatic rings. The van der Waals surface area contributed by atoms with Gasteiger partial charge in [-0.25, -0.2) is 9.78 Å². The Kier molecular flexibility index (Phi) is 5.77. The fraction of sp³-hybridized carbons (Fsp3) is 0.111. The first kappa shape index (κ1) is 21.7. The highest BCUT2D eigenvalue weighted by molar-refractivity contribution is 7.16. The fourth-order valence-electron chi connectivity index (χ4n) is 3.84. The molecule has 0 aliphatic carbocycles. The molecule has 0 bridgehead atoms. The first-order chi connectivity index (χ1) is 16.5. The highest BCUT2D eigenvalue weighted by Gasteiger charge is 2.15. The molecule has 0 unspecified atom stereocenters. The minimum Gasteiger partial charge on any atom is -0.462 e. The van der Waals surface area contributed by atoms with E-state index in [4.69, 9.17) is 9.72 Å². The maximum atomic E-state index is 13.4. The fourth-order valence-corrected chi connectivity index (χ4v) is 4.89. The van der Waals surface area contributed by atoms with Crippen LogP contribution in [0.15, 0.2) is 83.9 Å². The Morgan fingerprint density at radius 3 is 2.56 bits per heavy atom. The molecule has 0 spiro atoms. The number of pyridine rings is 1. The topological polar surface area (TPSA) is 73.6 Å². The zero-order chi connectivity index (χ0) is 23.7. The van der Waals surface area contributed by atoms with E-state index in [1.165, 1.54) is 11.3 Å². The predicted octanol–water partition coefficient (Wildman–Crippen LogP) is 5.37. The molecule has 0 saturated heterocycles. The van der Waals surface area contributed by atoms with Crippen molar-refractivity contribution in [3.8, 4) is 11.3 Å². The van der Waals surface area contributed by atoms with Gasteiger partial charge in [-0.3, -0.25) is 4.79 Å². The van der Waals surface area contributed by atoms with E-state index in [1.807, 2.05) is 72.3 Å².